The average Bonchev–Trinajstić information content (AvgIpc) is 2.22. The molecule has 23 heavy (non-hydrogen) atoms. The predicted octanol–water partition coefficient (Wildman–Crippen LogP) is -1.26. The number of hydroxylamine groups is 4. The smallest absolute Gasteiger partial charge is 0.326 e. The molecule has 0 bridgehead atoms. The van der Waals surface area contributed by atoms with Crippen molar-refractivity contribution in [1.29, 1.82) is 0 Å². The Morgan fingerprint density at radius 3 is 0.913 bits per heavy atom. The van der Waals surface area contributed by atoms with E-state index in [-0.39, 0.29) is 89.3 Å². The number of rotatable bonds is 7. The van der Waals surface area contributed by atoms with Crippen LogP contribution in [-0.2, 0) is 55.6 Å². The summed E-state index contributed by atoms with van der Waals surface area (Å²) < 4.78 is 0. The summed E-state index contributed by atoms with van der Waals surface area (Å²) in [6.45, 7) is 3.97. The molecular formula is C10H16CuN2Na2O8. The van der Waals surface area contributed by atoms with E-state index in [0.717, 1.165) is 27.7 Å². The molecule has 0 aromatic rings. The van der Waals surface area contributed by atoms with Crippen molar-refractivity contribution in [1.82, 2.24) is 10.5 Å². The minimum absolute atomic E-state index is 0. The molecule has 3 radical (unpaired) electrons. The van der Waals surface area contributed by atoms with Gasteiger partial charge in [-0.15, -0.1) is 0 Å². The second kappa shape index (κ2) is 17.2. The van der Waals surface area contributed by atoms with Crippen molar-refractivity contribution in [3.8, 4) is 0 Å². The van der Waals surface area contributed by atoms with E-state index in [1.165, 1.54) is 0 Å². The molecule has 0 unspecified atom stereocenters. The van der Waals surface area contributed by atoms with Crippen LogP contribution < -0.4 is 0 Å². The molecule has 0 heterocycles. The monoisotopic (exact) mass is 401 g/mol. The van der Waals surface area contributed by atoms with E-state index < -0.39 is 23.9 Å². The quantitative estimate of drug-likeness (QED) is 0.378. The average molecular weight is 402 g/mol. The van der Waals surface area contributed by atoms with E-state index in [1.807, 2.05) is 0 Å². The molecule has 0 aliphatic carbocycles. The van der Waals surface area contributed by atoms with E-state index >= 15 is 0 Å². The molecule has 0 amide bonds. The summed E-state index contributed by atoms with van der Waals surface area (Å²) in [5.41, 5.74) is 0. The van der Waals surface area contributed by atoms with Crippen LogP contribution in [-0.4, -0.2) is 107 Å². The standard InChI is InChI=1S/C10H16N2O8.Cu.2Na/c1-7(13)17-11(18-8(2)14)5-6-12(19-9(3)15)20-10(4)16;;;/h5-6H2,1-4H3;;;. The van der Waals surface area contributed by atoms with E-state index in [2.05, 4.69) is 19.4 Å². The van der Waals surface area contributed by atoms with Crippen molar-refractivity contribution in [3.05, 3.63) is 0 Å². The summed E-state index contributed by atoms with van der Waals surface area (Å²) in [5, 5.41) is 1.15. The van der Waals surface area contributed by atoms with Gasteiger partial charge in [-0.25, -0.2) is 0 Å². The first-order valence-corrected chi connectivity index (χ1v) is 5.50. The third kappa shape index (κ3) is 20.3. The van der Waals surface area contributed by atoms with E-state index in [0.29, 0.717) is 10.5 Å². The summed E-state index contributed by atoms with van der Waals surface area (Å²) in [6.07, 6.45) is 0. The molecule has 0 aromatic carbocycles. The van der Waals surface area contributed by atoms with Crippen LogP contribution in [0.1, 0.15) is 27.7 Å². The van der Waals surface area contributed by atoms with E-state index in [1.54, 1.807) is 0 Å². The van der Waals surface area contributed by atoms with Gasteiger partial charge in [-0.1, -0.05) is 0 Å². The molecule has 0 saturated heterocycles. The fraction of sp³-hybridized carbons (Fsp3) is 0.600. The van der Waals surface area contributed by atoms with Gasteiger partial charge in [0.25, 0.3) is 0 Å². The Bertz CT molecular complexity index is 331. The maximum Gasteiger partial charge on any atom is 0.326 e. The van der Waals surface area contributed by atoms with Crippen LogP contribution in [0.25, 0.3) is 0 Å². The fourth-order valence-corrected chi connectivity index (χ4v) is 0.957. The number of hydrogen-bond donors (Lipinski definition) is 0. The van der Waals surface area contributed by atoms with Crippen molar-refractivity contribution < 1.29 is 55.6 Å². The summed E-state index contributed by atoms with van der Waals surface area (Å²) in [6, 6.07) is 0. The first kappa shape index (κ1) is 31.1. The fourth-order valence-electron chi connectivity index (χ4n) is 0.957. The molecule has 10 nitrogen and oxygen atoms in total. The molecule has 0 fully saturated rings. The Labute approximate surface area is 188 Å². The van der Waals surface area contributed by atoms with Gasteiger partial charge in [0.2, 0.25) is 0 Å². The van der Waals surface area contributed by atoms with Crippen molar-refractivity contribution in [2.24, 2.45) is 0 Å². The zero-order valence-corrected chi connectivity index (χ0v) is 18.8. The molecule has 0 aromatic heterocycles. The van der Waals surface area contributed by atoms with Gasteiger partial charge < -0.3 is 19.4 Å². The van der Waals surface area contributed by atoms with Crippen LogP contribution in [0.3, 0.4) is 0 Å². The third-order valence-electron chi connectivity index (χ3n) is 1.39. The van der Waals surface area contributed by atoms with Crippen molar-refractivity contribution in [3.63, 3.8) is 0 Å². The number of carbonyl (C=O) groups is 4. The second-order valence-electron chi connectivity index (χ2n) is 3.44. The minimum atomic E-state index is -0.724. The Kier molecular flexibility index (Phi) is 23.2. The maximum absolute atomic E-state index is 10.8. The van der Waals surface area contributed by atoms with Crippen LogP contribution >= 0.6 is 0 Å². The summed E-state index contributed by atoms with van der Waals surface area (Å²) in [4.78, 5) is 61.4. The molecule has 13 heteroatoms. The largest absolute Gasteiger partial charge is 0.333 e. The van der Waals surface area contributed by atoms with E-state index in [4.69, 9.17) is 0 Å². The van der Waals surface area contributed by atoms with Crippen molar-refractivity contribution in [2.75, 3.05) is 13.1 Å². The van der Waals surface area contributed by atoms with Crippen molar-refractivity contribution in [2.45, 2.75) is 27.7 Å². The Morgan fingerprint density at radius 1 is 0.609 bits per heavy atom. The molecular weight excluding hydrogens is 386 g/mol. The topological polar surface area (TPSA) is 112 Å². The predicted molar refractivity (Wildman–Crippen MR) is 72.0 cm³/mol. The first-order valence-electron chi connectivity index (χ1n) is 5.50. The number of hydrogen-bond acceptors (Lipinski definition) is 10. The molecule has 0 aliphatic rings. The number of carbonyl (C=O) groups excluding carboxylic acids is 4. The number of nitrogens with zero attached hydrogens (tertiary/aromatic N) is 2. The SMILES string of the molecule is CC(=O)ON(CCN(OC(C)=O)OC(C)=O)OC(C)=O.[Cu].[Na].[Na]. The van der Waals surface area contributed by atoms with Crippen LogP contribution in [0.15, 0.2) is 0 Å². The second-order valence-corrected chi connectivity index (χ2v) is 3.44. The van der Waals surface area contributed by atoms with Gasteiger partial charge in [-0.05, 0) is 0 Å². The van der Waals surface area contributed by atoms with Gasteiger partial charge >= 0.3 is 23.9 Å². The van der Waals surface area contributed by atoms with E-state index in [9.17, 15) is 19.2 Å². The van der Waals surface area contributed by atoms with Gasteiger partial charge in [0.05, 0.1) is 13.1 Å². The molecule has 0 spiro atoms. The van der Waals surface area contributed by atoms with Crippen LogP contribution in [0.5, 0.6) is 0 Å². The van der Waals surface area contributed by atoms with Gasteiger partial charge in [0, 0.05) is 114 Å². The van der Waals surface area contributed by atoms with Crippen molar-refractivity contribution >= 4 is 83.0 Å². The Balaban J connectivity index is -0.000000602. The summed E-state index contributed by atoms with van der Waals surface area (Å²) in [7, 11) is 0. The molecule has 0 aliphatic heterocycles. The van der Waals surface area contributed by atoms with Crippen LogP contribution in [0.4, 0.5) is 0 Å². The van der Waals surface area contributed by atoms with Gasteiger partial charge in [-0.2, -0.15) is 0 Å². The van der Waals surface area contributed by atoms with Crippen LogP contribution in [0.2, 0.25) is 0 Å². The molecule has 0 atom stereocenters. The Morgan fingerprint density at radius 2 is 0.783 bits per heavy atom. The Hall–Kier alpha value is 0.319. The molecule has 0 rings (SSSR count). The normalized spacial score (nSPS) is 8.78. The van der Waals surface area contributed by atoms with Gasteiger partial charge in [0.1, 0.15) is 0 Å². The molecule has 0 saturated carbocycles. The van der Waals surface area contributed by atoms with Crippen LogP contribution in [0, 0.1) is 0 Å². The third-order valence-corrected chi connectivity index (χ3v) is 1.39. The van der Waals surface area contributed by atoms with Gasteiger partial charge in [-0.3, -0.25) is 19.2 Å². The zero-order valence-electron chi connectivity index (χ0n) is 13.9. The molecule has 0 N–H and O–H groups in total. The summed E-state index contributed by atoms with van der Waals surface area (Å²) in [5.74, 6) is -2.90. The van der Waals surface area contributed by atoms with Gasteiger partial charge in [0.15, 0.2) is 0 Å². The summed E-state index contributed by atoms with van der Waals surface area (Å²) >= 11 is 0. The maximum atomic E-state index is 10.8. The minimum Gasteiger partial charge on any atom is -0.333 e. The first-order chi connectivity index (χ1) is 9.20. The zero-order chi connectivity index (χ0) is 15.7. The molecule has 127 valence electrons.